The molecule has 1 aromatic heterocycles. The van der Waals surface area contributed by atoms with Crippen LogP contribution < -0.4 is 20.2 Å². The number of para-hydroxylation sites is 1. The Balaban J connectivity index is 1.36. The largest absolute Gasteiger partial charge is 0.476 e. The molecule has 0 radical (unpaired) electrons. The first kappa shape index (κ1) is 25.4. The highest BCUT2D eigenvalue weighted by Crippen LogP contribution is 2.33. The minimum absolute atomic E-state index is 0.0958. The molecule has 0 unspecified atom stereocenters. The highest BCUT2D eigenvalue weighted by Gasteiger charge is 2.20. The average Bonchev–Trinajstić information content (AvgIpc) is 2.91. The summed E-state index contributed by atoms with van der Waals surface area (Å²) in [6.07, 6.45) is 0. The van der Waals surface area contributed by atoms with Crippen LogP contribution in [0.4, 0.5) is 5.69 Å². The number of nitrogens with one attached hydrogen (secondary N) is 1. The van der Waals surface area contributed by atoms with Crippen LogP contribution >= 0.6 is 23.2 Å². The second-order valence-corrected chi connectivity index (χ2v) is 9.31. The number of ether oxygens (including phenoxy) is 2. The van der Waals surface area contributed by atoms with Crippen LogP contribution in [0.5, 0.6) is 17.2 Å². The maximum absolute atomic E-state index is 13.4. The third-order valence-electron chi connectivity index (χ3n) is 5.70. The van der Waals surface area contributed by atoms with Gasteiger partial charge in [0.2, 0.25) is 11.2 Å². The van der Waals surface area contributed by atoms with Crippen LogP contribution in [0.15, 0.2) is 100 Å². The van der Waals surface area contributed by atoms with E-state index in [1.165, 1.54) is 6.07 Å². The number of halogens is 2. The van der Waals surface area contributed by atoms with Gasteiger partial charge in [-0.25, -0.2) is 0 Å². The van der Waals surface area contributed by atoms with E-state index < -0.39 is 17.9 Å². The molecule has 0 aliphatic carbocycles. The van der Waals surface area contributed by atoms with E-state index in [2.05, 4.69) is 5.32 Å². The Morgan fingerprint density at radius 1 is 0.895 bits per heavy atom. The van der Waals surface area contributed by atoms with Crippen LogP contribution in [-0.4, -0.2) is 12.5 Å². The van der Waals surface area contributed by atoms with Crippen molar-refractivity contribution in [3.8, 4) is 28.6 Å². The van der Waals surface area contributed by atoms with Crippen LogP contribution in [0.2, 0.25) is 10.0 Å². The average molecular weight is 546 g/mol. The number of rotatable bonds is 7. The number of amides is 1. The van der Waals surface area contributed by atoms with Crippen molar-refractivity contribution in [1.82, 2.24) is 0 Å². The van der Waals surface area contributed by atoms with Gasteiger partial charge in [-0.2, -0.15) is 0 Å². The molecule has 0 aliphatic heterocycles. The number of hydrogen-bond donors (Lipinski definition) is 1. The third-order valence-corrected chi connectivity index (χ3v) is 6.36. The SMILES string of the molecule is Cc1cc2oc(-c3ccc(Cl)cc3)c(OCC(=O)Nc3ccc(Oc4ccccc4)cc3)c(=O)c2cc1Cl. The minimum Gasteiger partial charge on any atom is -0.476 e. The molecule has 1 heterocycles. The molecule has 0 saturated carbocycles. The van der Waals surface area contributed by atoms with Crippen molar-refractivity contribution in [1.29, 1.82) is 0 Å². The minimum atomic E-state index is -0.454. The van der Waals surface area contributed by atoms with E-state index in [1.807, 2.05) is 37.3 Å². The molecule has 0 atom stereocenters. The molecular weight excluding hydrogens is 525 g/mol. The molecule has 38 heavy (non-hydrogen) atoms. The van der Waals surface area contributed by atoms with Gasteiger partial charge < -0.3 is 19.2 Å². The maximum atomic E-state index is 13.4. The summed E-state index contributed by atoms with van der Waals surface area (Å²) in [6.45, 7) is 1.40. The Bertz CT molecular complexity index is 1660. The van der Waals surface area contributed by atoms with Crippen molar-refractivity contribution in [3.63, 3.8) is 0 Å². The van der Waals surface area contributed by atoms with Crippen molar-refractivity contribution in [2.75, 3.05) is 11.9 Å². The standard InChI is InChI=1S/C30H21Cl2NO5/c1-18-15-26-24(16-25(18)32)28(35)30(29(38-26)19-7-9-20(31)10-8-19)36-17-27(34)33-21-11-13-23(14-12-21)37-22-5-3-2-4-6-22/h2-16H,17H2,1H3,(H,33,34). The molecule has 5 rings (SSSR count). The van der Waals surface area contributed by atoms with E-state index in [4.69, 9.17) is 37.1 Å². The molecule has 0 fully saturated rings. The monoisotopic (exact) mass is 545 g/mol. The van der Waals surface area contributed by atoms with E-state index in [0.717, 1.165) is 5.56 Å². The normalized spacial score (nSPS) is 10.8. The van der Waals surface area contributed by atoms with Crippen molar-refractivity contribution in [3.05, 3.63) is 117 Å². The second-order valence-electron chi connectivity index (χ2n) is 8.47. The molecule has 1 N–H and O–H groups in total. The quantitative estimate of drug-likeness (QED) is 0.225. The molecular formula is C30H21Cl2NO5. The van der Waals surface area contributed by atoms with Crippen LogP contribution in [0.1, 0.15) is 5.56 Å². The van der Waals surface area contributed by atoms with Gasteiger partial charge in [-0.05, 0) is 85.3 Å². The Labute approximate surface area is 228 Å². The molecule has 0 bridgehead atoms. The topological polar surface area (TPSA) is 77.8 Å². The number of hydrogen-bond acceptors (Lipinski definition) is 5. The van der Waals surface area contributed by atoms with Gasteiger partial charge in [0.25, 0.3) is 5.91 Å². The molecule has 6 nitrogen and oxygen atoms in total. The molecule has 0 spiro atoms. The lowest BCUT2D eigenvalue weighted by Gasteiger charge is -2.13. The summed E-state index contributed by atoms with van der Waals surface area (Å²) in [5.74, 6) is 0.975. The molecule has 0 saturated heterocycles. The molecule has 4 aromatic carbocycles. The number of aryl methyl sites for hydroxylation is 1. The van der Waals surface area contributed by atoms with E-state index >= 15 is 0 Å². The van der Waals surface area contributed by atoms with Gasteiger partial charge in [0.1, 0.15) is 17.1 Å². The summed E-state index contributed by atoms with van der Waals surface area (Å²) >= 11 is 12.3. The Hall–Kier alpha value is -4.26. The van der Waals surface area contributed by atoms with Crippen molar-refractivity contribution in [2.45, 2.75) is 6.92 Å². The lowest BCUT2D eigenvalue weighted by Crippen LogP contribution is -2.22. The molecule has 0 aliphatic rings. The van der Waals surface area contributed by atoms with Crippen LogP contribution in [-0.2, 0) is 4.79 Å². The predicted molar refractivity (Wildman–Crippen MR) is 150 cm³/mol. The number of carbonyl (C=O) groups is 1. The lowest BCUT2D eigenvalue weighted by atomic mass is 10.1. The van der Waals surface area contributed by atoms with E-state index in [0.29, 0.717) is 38.4 Å². The lowest BCUT2D eigenvalue weighted by molar-refractivity contribution is -0.118. The summed E-state index contributed by atoms with van der Waals surface area (Å²) < 4.78 is 17.6. The van der Waals surface area contributed by atoms with Gasteiger partial charge in [-0.1, -0.05) is 41.4 Å². The summed E-state index contributed by atoms with van der Waals surface area (Å²) in [5, 5.41) is 3.96. The maximum Gasteiger partial charge on any atom is 0.262 e. The first-order chi connectivity index (χ1) is 18.4. The fourth-order valence-electron chi connectivity index (χ4n) is 3.79. The predicted octanol–water partition coefficient (Wildman–Crippen LogP) is 7.89. The first-order valence-electron chi connectivity index (χ1n) is 11.7. The Morgan fingerprint density at radius 2 is 1.58 bits per heavy atom. The van der Waals surface area contributed by atoms with Gasteiger partial charge in [0.05, 0.1) is 5.39 Å². The van der Waals surface area contributed by atoms with Gasteiger partial charge >= 0.3 is 0 Å². The Kier molecular flexibility index (Phi) is 7.36. The Morgan fingerprint density at radius 3 is 2.29 bits per heavy atom. The van der Waals surface area contributed by atoms with E-state index in [-0.39, 0.29) is 16.9 Å². The zero-order chi connectivity index (χ0) is 26.6. The van der Waals surface area contributed by atoms with Gasteiger partial charge in [0, 0.05) is 21.3 Å². The highest BCUT2D eigenvalue weighted by atomic mass is 35.5. The summed E-state index contributed by atoms with van der Waals surface area (Å²) in [4.78, 5) is 26.1. The van der Waals surface area contributed by atoms with E-state index in [9.17, 15) is 9.59 Å². The van der Waals surface area contributed by atoms with Crippen molar-refractivity contribution < 1.29 is 18.7 Å². The number of fused-ring (bicyclic) bond motifs is 1. The van der Waals surface area contributed by atoms with Gasteiger partial charge in [0.15, 0.2) is 12.4 Å². The number of anilines is 1. The van der Waals surface area contributed by atoms with Crippen molar-refractivity contribution >= 4 is 45.8 Å². The van der Waals surface area contributed by atoms with Crippen LogP contribution in [0.25, 0.3) is 22.3 Å². The smallest absolute Gasteiger partial charge is 0.262 e. The summed E-state index contributed by atoms with van der Waals surface area (Å²) in [6, 6.07) is 26.3. The third kappa shape index (κ3) is 5.67. The molecule has 1 amide bonds. The number of carbonyl (C=O) groups excluding carboxylic acids is 1. The van der Waals surface area contributed by atoms with Gasteiger partial charge in [-0.3, -0.25) is 9.59 Å². The summed E-state index contributed by atoms with van der Waals surface area (Å²) in [7, 11) is 0. The van der Waals surface area contributed by atoms with Crippen LogP contribution in [0.3, 0.4) is 0 Å². The first-order valence-corrected chi connectivity index (χ1v) is 12.4. The van der Waals surface area contributed by atoms with Gasteiger partial charge in [-0.15, -0.1) is 0 Å². The van der Waals surface area contributed by atoms with Crippen LogP contribution in [0, 0.1) is 6.92 Å². The molecule has 8 heteroatoms. The highest BCUT2D eigenvalue weighted by molar-refractivity contribution is 6.32. The zero-order valence-electron chi connectivity index (χ0n) is 20.2. The van der Waals surface area contributed by atoms with Crippen molar-refractivity contribution in [2.24, 2.45) is 0 Å². The molecule has 190 valence electrons. The fraction of sp³-hybridized carbons (Fsp3) is 0.0667. The van der Waals surface area contributed by atoms with E-state index in [1.54, 1.807) is 54.6 Å². The fourth-order valence-corrected chi connectivity index (χ4v) is 4.08. The summed E-state index contributed by atoms with van der Waals surface area (Å²) in [5.41, 5.74) is 1.80. The zero-order valence-corrected chi connectivity index (χ0v) is 21.7. The molecule has 5 aromatic rings. The second kappa shape index (κ2) is 11.0. The number of benzene rings is 4.